The lowest BCUT2D eigenvalue weighted by atomic mass is 9.86. The van der Waals surface area contributed by atoms with E-state index in [1.807, 2.05) is 32.9 Å². The van der Waals surface area contributed by atoms with Gasteiger partial charge in [0.1, 0.15) is 0 Å². The highest BCUT2D eigenvalue weighted by molar-refractivity contribution is 6.00. The van der Waals surface area contributed by atoms with Crippen molar-refractivity contribution in [1.29, 1.82) is 0 Å². The Morgan fingerprint density at radius 1 is 1.18 bits per heavy atom. The highest BCUT2D eigenvalue weighted by Gasteiger charge is 2.23. The molecule has 1 aliphatic heterocycles. The highest BCUT2D eigenvalue weighted by Crippen LogP contribution is 2.24. The topological polar surface area (TPSA) is 23.6 Å². The number of nitrogens with zero attached hydrogens (tertiary/aromatic N) is 2. The molecule has 0 N–H and O–H groups in total. The lowest BCUT2D eigenvalue weighted by molar-refractivity contribution is 0.0858. The molecule has 22 heavy (non-hydrogen) atoms. The monoisotopic (exact) mass is 302 g/mol. The molecule has 3 heteroatoms. The fourth-order valence-corrected chi connectivity index (χ4v) is 3.04. The largest absolute Gasteiger partial charge is 0.374 e. The Bertz CT molecular complexity index is 493. The van der Waals surface area contributed by atoms with Crippen LogP contribution in [0, 0.1) is 11.3 Å². The number of ketones is 1. The van der Waals surface area contributed by atoms with Gasteiger partial charge >= 0.3 is 0 Å². The Morgan fingerprint density at radius 3 is 2.23 bits per heavy atom. The number of carbonyl (C=O) groups is 1. The highest BCUT2D eigenvalue weighted by atomic mass is 16.1. The molecule has 3 nitrogen and oxygen atoms in total. The maximum atomic E-state index is 12.3. The minimum absolute atomic E-state index is 0.206. The van der Waals surface area contributed by atoms with Crippen molar-refractivity contribution in [3.63, 3.8) is 0 Å². The van der Waals surface area contributed by atoms with E-state index in [9.17, 15) is 4.79 Å². The molecule has 0 aromatic heterocycles. The number of hydrogen-bond donors (Lipinski definition) is 0. The van der Waals surface area contributed by atoms with Crippen molar-refractivity contribution >= 4 is 11.5 Å². The van der Waals surface area contributed by atoms with Gasteiger partial charge in [0.2, 0.25) is 0 Å². The van der Waals surface area contributed by atoms with E-state index in [1.165, 1.54) is 31.6 Å². The van der Waals surface area contributed by atoms with Crippen LogP contribution in [0.15, 0.2) is 24.3 Å². The van der Waals surface area contributed by atoms with Gasteiger partial charge in [0.25, 0.3) is 0 Å². The van der Waals surface area contributed by atoms with Crippen molar-refractivity contribution in [2.75, 3.05) is 38.6 Å². The molecule has 0 bridgehead atoms. The number of anilines is 1. The number of piperidine rings is 1. The van der Waals surface area contributed by atoms with E-state index in [-0.39, 0.29) is 11.2 Å². The molecule has 0 saturated carbocycles. The molecule has 1 aromatic rings. The van der Waals surface area contributed by atoms with Gasteiger partial charge in [-0.15, -0.1) is 0 Å². The number of likely N-dealkylation sites (tertiary alicyclic amines) is 1. The van der Waals surface area contributed by atoms with E-state index >= 15 is 0 Å². The van der Waals surface area contributed by atoms with Crippen LogP contribution in [0.3, 0.4) is 0 Å². The second-order valence-corrected chi connectivity index (χ2v) is 7.75. The fraction of sp³-hybridized carbons (Fsp3) is 0.632. The van der Waals surface area contributed by atoms with E-state index in [0.29, 0.717) is 0 Å². The lowest BCUT2D eigenvalue weighted by Gasteiger charge is -2.32. The summed E-state index contributed by atoms with van der Waals surface area (Å²) in [6.45, 7) is 9.41. The summed E-state index contributed by atoms with van der Waals surface area (Å²) in [5, 5.41) is 0. The van der Waals surface area contributed by atoms with Crippen LogP contribution in [0.25, 0.3) is 0 Å². The zero-order valence-corrected chi connectivity index (χ0v) is 14.7. The molecule has 1 heterocycles. The quantitative estimate of drug-likeness (QED) is 0.793. The number of Topliss-reactive ketones (excluding diaryl/α,β-unsaturated/α-hetero) is 1. The number of benzene rings is 1. The van der Waals surface area contributed by atoms with Crippen LogP contribution < -0.4 is 4.90 Å². The van der Waals surface area contributed by atoms with Gasteiger partial charge in [-0.2, -0.15) is 0 Å². The van der Waals surface area contributed by atoms with Crippen LogP contribution in [-0.4, -0.2) is 44.4 Å². The minimum atomic E-state index is -0.318. The summed E-state index contributed by atoms with van der Waals surface area (Å²) in [5.41, 5.74) is 1.69. The van der Waals surface area contributed by atoms with Crippen LogP contribution in [0.2, 0.25) is 0 Å². The zero-order chi connectivity index (χ0) is 16.3. The Hall–Kier alpha value is -1.35. The number of carbonyl (C=O) groups excluding carboxylic acids is 1. The van der Waals surface area contributed by atoms with Crippen molar-refractivity contribution in [2.45, 2.75) is 33.6 Å². The molecular formula is C19H30N2O. The molecule has 0 aliphatic carbocycles. The van der Waals surface area contributed by atoms with Crippen molar-refractivity contribution in [3.05, 3.63) is 29.8 Å². The Morgan fingerprint density at radius 2 is 1.73 bits per heavy atom. The third-order valence-corrected chi connectivity index (χ3v) is 4.62. The molecule has 0 radical (unpaired) electrons. The number of hydrogen-bond acceptors (Lipinski definition) is 3. The van der Waals surface area contributed by atoms with Crippen LogP contribution in [0.1, 0.15) is 44.0 Å². The molecule has 122 valence electrons. The third-order valence-electron chi connectivity index (χ3n) is 4.62. The molecular weight excluding hydrogens is 272 g/mol. The summed E-state index contributed by atoms with van der Waals surface area (Å²) in [5.74, 6) is 0.981. The summed E-state index contributed by atoms with van der Waals surface area (Å²) in [6.07, 6.45) is 2.56. The molecule has 0 atom stereocenters. The van der Waals surface area contributed by atoms with Gasteiger partial charge in [-0.3, -0.25) is 4.79 Å². The molecule has 1 aliphatic rings. The molecule has 1 fully saturated rings. The van der Waals surface area contributed by atoms with E-state index in [2.05, 4.69) is 36.0 Å². The van der Waals surface area contributed by atoms with E-state index < -0.39 is 0 Å². The first-order valence-electron chi connectivity index (χ1n) is 8.32. The lowest BCUT2D eigenvalue weighted by Crippen LogP contribution is -2.35. The Kier molecular flexibility index (Phi) is 5.28. The maximum Gasteiger partial charge on any atom is 0.168 e. The van der Waals surface area contributed by atoms with Crippen LogP contribution in [-0.2, 0) is 0 Å². The van der Waals surface area contributed by atoms with E-state index in [1.54, 1.807) is 0 Å². The Balaban J connectivity index is 1.96. The van der Waals surface area contributed by atoms with Gasteiger partial charge in [0.15, 0.2) is 5.78 Å². The summed E-state index contributed by atoms with van der Waals surface area (Å²) in [6, 6.07) is 8.09. The predicted octanol–water partition coefficient (Wildman–Crippen LogP) is 3.69. The molecule has 1 aromatic carbocycles. The second-order valence-electron chi connectivity index (χ2n) is 7.75. The van der Waals surface area contributed by atoms with Gasteiger partial charge < -0.3 is 9.80 Å². The first-order chi connectivity index (χ1) is 10.3. The minimum Gasteiger partial charge on any atom is -0.374 e. The van der Waals surface area contributed by atoms with Crippen LogP contribution in [0.5, 0.6) is 0 Å². The van der Waals surface area contributed by atoms with Crippen molar-refractivity contribution < 1.29 is 4.79 Å². The van der Waals surface area contributed by atoms with Crippen molar-refractivity contribution in [3.8, 4) is 0 Å². The molecule has 0 unspecified atom stereocenters. The van der Waals surface area contributed by atoms with Crippen molar-refractivity contribution in [2.24, 2.45) is 11.3 Å². The smallest absolute Gasteiger partial charge is 0.168 e. The summed E-state index contributed by atoms with van der Waals surface area (Å²) in [4.78, 5) is 17.0. The molecule has 1 saturated heterocycles. The Labute approximate surface area is 135 Å². The molecule has 2 rings (SSSR count). The first-order valence-corrected chi connectivity index (χ1v) is 8.32. The number of rotatable bonds is 4. The average Bonchev–Trinajstić information content (AvgIpc) is 2.48. The summed E-state index contributed by atoms with van der Waals surface area (Å²) < 4.78 is 0. The van der Waals surface area contributed by atoms with Gasteiger partial charge in [0.05, 0.1) is 0 Å². The molecule has 0 spiro atoms. The van der Waals surface area contributed by atoms with Crippen molar-refractivity contribution in [1.82, 2.24) is 4.90 Å². The average molecular weight is 302 g/mol. The van der Waals surface area contributed by atoms with Gasteiger partial charge in [-0.1, -0.05) is 20.8 Å². The molecule has 0 amide bonds. The summed E-state index contributed by atoms with van der Waals surface area (Å²) in [7, 11) is 4.35. The first kappa shape index (κ1) is 17.0. The normalized spacial score (nSPS) is 17.5. The standard InChI is InChI=1S/C19H30N2O/c1-19(2,3)18(22)16-6-8-17(9-7-16)21(5)14-15-10-12-20(4)13-11-15/h6-9,15H,10-14H2,1-5H3. The van der Waals surface area contributed by atoms with E-state index in [4.69, 9.17) is 0 Å². The zero-order valence-electron chi connectivity index (χ0n) is 14.7. The van der Waals surface area contributed by atoms with Crippen LogP contribution in [0.4, 0.5) is 5.69 Å². The SMILES string of the molecule is CN1CCC(CN(C)c2ccc(C(=O)C(C)(C)C)cc2)CC1. The fourth-order valence-electron chi connectivity index (χ4n) is 3.04. The van der Waals surface area contributed by atoms with Gasteiger partial charge in [0, 0.05) is 30.3 Å². The van der Waals surface area contributed by atoms with E-state index in [0.717, 1.165) is 18.0 Å². The van der Waals surface area contributed by atoms with Crippen LogP contribution >= 0.6 is 0 Å². The summed E-state index contributed by atoms with van der Waals surface area (Å²) >= 11 is 0. The third kappa shape index (κ3) is 4.33. The maximum absolute atomic E-state index is 12.3. The van der Waals surface area contributed by atoms with Gasteiger partial charge in [-0.05, 0) is 63.2 Å². The van der Waals surface area contributed by atoms with Gasteiger partial charge in [-0.25, -0.2) is 0 Å². The predicted molar refractivity (Wildman–Crippen MR) is 93.7 cm³/mol. The second kappa shape index (κ2) is 6.82.